The fraction of sp³-hybridized carbons (Fsp3) is 0.727. The average Bonchev–Trinajstić information content (AvgIpc) is 2.34. The molecule has 14 heavy (non-hydrogen) atoms. The maximum atomic E-state index is 5.89. The largest absolute Gasteiger partial charge is 0.384 e. The third-order valence-electron chi connectivity index (χ3n) is 3.00. The Hall–Kier alpha value is -0.990. The minimum Gasteiger partial charge on any atom is -0.384 e. The molecule has 0 amide bonds. The number of hydrogen-bond acceptors (Lipinski definition) is 2. The van der Waals surface area contributed by atoms with Crippen molar-refractivity contribution in [3.05, 3.63) is 11.8 Å². The molecule has 0 saturated carbocycles. The smallest absolute Gasteiger partial charge is 0.124 e. The van der Waals surface area contributed by atoms with E-state index in [4.69, 9.17) is 5.73 Å². The van der Waals surface area contributed by atoms with Crippen LogP contribution in [0.15, 0.2) is 6.20 Å². The topological polar surface area (TPSA) is 43.8 Å². The van der Waals surface area contributed by atoms with Gasteiger partial charge in [0.2, 0.25) is 0 Å². The van der Waals surface area contributed by atoms with Gasteiger partial charge in [-0.15, -0.1) is 0 Å². The van der Waals surface area contributed by atoms with E-state index in [1.807, 2.05) is 17.8 Å². The summed E-state index contributed by atoms with van der Waals surface area (Å²) in [6.45, 7) is 11.8. The Morgan fingerprint density at radius 2 is 2.07 bits per heavy atom. The van der Waals surface area contributed by atoms with Gasteiger partial charge < -0.3 is 5.73 Å². The van der Waals surface area contributed by atoms with Crippen LogP contribution in [0.4, 0.5) is 5.82 Å². The zero-order chi connectivity index (χ0) is 10.9. The molecule has 1 atom stereocenters. The van der Waals surface area contributed by atoms with Gasteiger partial charge in [-0.25, -0.2) is 4.68 Å². The van der Waals surface area contributed by atoms with Crippen molar-refractivity contribution in [2.24, 2.45) is 11.3 Å². The maximum absolute atomic E-state index is 5.89. The van der Waals surface area contributed by atoms with Gasteiger partial charge in [0.1, 0.15) is 5.82 Å². The van der Waals surface area contributed by atoms with Crippen molar-refractivity contribution in [1.29, 1.82) is 0 Å². The molecule has 0 spiro atoms. The number of nitrogens with zero attached hydrogens (tertiary/aromatic N) is 2. The molecule has 3 nitrogen and oxygen atoms in total. The Labute approximate surface area is 86.3 Å². The van der Waals surface area contributed by atoms with Gasteiger partial charge in [-0.3, -0.25) is 0 Å². The average molecular weight is 195 g/mol. The van der Waals surface area contributed by atoms with Crippen LogP contribution in [0.2, 0.25) is 0 Å². The second-order valence-electron chi connectivity index (χ2n) is 5.16. The van der Waals surface area contributed by atoms with Gasteiger partial charge in [0.15, 0.2) is 0 Å². The van der Waals surface area contributed by atoms with E-state index in [0.717, 1.165) is 17.9 Å². The van der Waals surface area contributed by atoms with Gasteiger partial charge in [0, 0.05) is 12.1 Å². The third kappa shape index (κ3) is 2.28. The lowest BCUT2D eigenvalue weighted by molar-refractivity contribution is 0.227. The van der Waals surface area contributed by atoms with Gasteiger partial charge in [-0.2, -0.15) is 5.10 Å². The van der Waals surface area contributed by atoms with Gasteiger partial charge in [-0.05, 0) is 18.3 Å². The maximum Gasteiger partial charge on any atom is 0.124 e. The standard InChI is InChI=1S/C11H21N3/c1-8-6-13-14(10(8)12)7-9(2)11(3,4)5/h6,9H,7,12H2,1-5H3. The molecule has 80 valence electrons. The highest BCUT2D eigenvalue weighted by Gasteiger charge is 2.21. The van der Waals surface area contributed by atoms with Crippen molar-refractivity contribution in [3.8, 4) is 0 Å². The molecule has 1 unspecified atom stereocenters. The van der Waals surface area contributed by atoms with Crippen molar-refractivity contribution < 1.29 is 0 Å². The number of rotatable bonds is 2. The van der Waals surface area contributed by atoms with Crippen molar-refractivity contribution in [1.82, 2.24) is 9.78 Å². The molecule has 0 radical (unpaired) electrons. The Morgan fingerprint density at radius 3 is 2.43 bits per heavy atom. The van der Waals surface area contributed by atoms with Gasteiger partial charge in [0.25, 0.3) is 0 Å². The molecule has 0 aliphatic rings. The molecule has 0 aliphatic carbocycles. The molecular weight excluding hydrogens is 174 g/mol. The summed E-state index contributed by atoms with van der Waals surface area (Å²) in [5.74, 6) is 1.35. The molecule has 2 N–H and O–H groups in total. The molecule has 1 aromatic heterocycles. The zero-order valence-electron chi connectivity index (χ0n) is 9.83. The molecule has 0 aliphatic heterocycles. The van der Waals surface area contributed by atoms with Crippen LogP contribution in [-0.4, -0.2) is 9.78 Å². The van der Waals surface area contributed by atoms with E-state index in [-0.39, 0.29) is 0 Å². The lowest BCUT2D eigenvalue weighted by Gasteiger charge is -2.27. The molecule has 3 heteroatoms. The molecular formula is C11H21N3. The third-order valence-corrected chi connectivity index (χ3v) is 3.00. The van der Waals surface area contributed by atoms with Crippen LogP contribution in [0.5, 0.6) is 0 Å². The minimum atomic E-state index is 0.298. The predicted molar refractivity (Wildman–Crippen MR) is 60.0 cm³/mol. The Kier molecular flexibility index (Phi) is 2.88. The van der Waals surface area contributed by atoms with E-state index in [9.17, 15) is 0 Å². The first-order valence-corrected chi connectivity index (χ1v) is 5.10. The molecule has 1 rings (SSSR count). The fourth-order valence-corrected chi connectivity index (χ4v) is 1.17. The van der Waals surface area contributed by atoms with Crippen LogP contribution in [0.25, 0.3) is 0 Å². The zero-order valence-corrected chi connectivity index (χ0v) is 9.83. The summed E-state index contributed by atoms with van der Waals surface area (Å²) in [7, 11) is 0. The molecule has 1 aromatic rings. The van der Waals surface area contributed by atoms with Crippen LogP contribution < -0.4 is 5.73 Å². The molecule has 0 fully saturated rings. The van der Waals surface area contributed by atoms with Crippen molar-refractivity contribution in [2.75, 3.05) is 5.73 Å². The Balaban J connectivity index is 2.75. The predicted octanol–water partition coefficient (Wildman–Crippen LogP) is 2.46. The monoisotopic (exact) mass is 195 g/mol. The van der Waals surface area contributed by atoms with E-state index in [2.05, 4.69) is 32.8 Å². The Morgan fingerprint density at radius 1 is 1.50 bits per heavy atom. The second kappa shape index (κ2) is 3.64. The van der Waals surface area contributed by atoms with Crippen LogP contribution in [0.3, 0.4) is 0 Å². The highest BCUT2D eigenvalue weighted by molar-refractivity contribution is 5.36. The second-order valence-corrected chi connectivity index (χ2v) is 5.16. The number of nitrogen functional groups attached to an aromatic ring is 1. The summed E-state index contributed by atoms with van der Waals surface area (Å²) in [5.41, 5.74) is 7.25. The van der Waals surface area contributed by atoms with Crippen molar-refractivity contribution in [2.45, 2.75) is 41.2 Å². The van der Waals surface area contributed by atoms with Crippen LogP contribution in [0.1, 0.15) is 33.3 Å². The van der Waals surface area contributed by atoms with Crippen LogP contribution in [-0.2, 0) is 6.54 Å². The highest BCUT2D eigenvalue weighted by Crippen LogP contribution is 2.27. The normalized spacial score (nSPS) is 14.4. The van der Waals surface area contributed by atoms with Gasteiger partial charge in [0.05, 0.1) is 6.20 Å². The first-order chi connectivity index (χ1) is 6.32. The minimum absolute atomic E-state index is 0.298. The van der Waals surface area contributed by atoms with E-state index in [1.165, 1.54) is 0 Å². The summed E-state index contributed by atoms with van der Waals surface area (Å²) < 4.78 is 1.89. The summed E-state index contributed by atoms with van der Waals surface area (Å²) >= 11 is 0. The molecule has 0 bridgehead atoms. The number of anilines is 1. The first kappa shape index (κ1) is 11.1. The highest BCUT2D eigenvalue weighted by atomic mass is 15.3. The molecule has 0 aromatic carbocycles. The van der Waals surface area contributed by atoms with Crippen molar-refractivity contribution >= 4 is 5.82 Å². The van der Waals surface area contributed by atoms with E-state index in [1.54, 1.807) is 0 Å². The summed E-state index contributed by atoms with van der Waals surface area (Å²) in [6.07, 6.45) is 1.82. The lowest BCUT2D eigenvalue weighted by Crippen LogP contribution is -2.23. The van der Waals surface area contributed by atoms with Gasteiger partial charge in [-0.1, -0.05) is 27.7 Å². The first-order valence-electron chi connectivity index (χ1n) is 5.10. The van der Waals surface area contributed by atoms with Crippen LogP contribution >= 0.6 is 0 Å². The number of nitrogens with two attached hydrogens (primary N) is 1. The quantitative estimate of drug-likeness (QED) is 0.787. The SMILES string of the molecule is Cc1cnn(CC(C)C(C)(C)C)c1N. The summed E-state index contributed by atoms with van der Waals surface area (Å²) in [6, 6.07) is 0. The summed E-state index contributed by atoms with van der Waals surface area (Å²) in [5, 5.41) is 4.26. The van der Waals surface area contributed by atoms with Crippen LogP contribution in [0, 0.1) is 18.3 Å². The molecule has 1 heterocycles. The number of aromatic nitrogens is 2. The van der Waals surface area contributed by atoms with E-state index in [0.29, 0.717) is 11.3 Å². The fourth-order valence-electron chi connectivity index (χ4n) is 1.17. The molecule has 0 saturated heterocycles. The Bertz CT molecular complexity index is 307. The summed E-state index contributed by atoms with van der Waals surface area (Å²) in [4.78, 5) is 0. The number of hydrogen-bond donors (Lipinski definition) is 1. The van der Waals surface area contributed by atoms with E-state index >= 15 is 0 Å². The van der Waals surface area contributed by atoms with Crippen molar-refractivity contribution in [3.63, 3.8) is 0 Å². The van der Waals surface area contributed by atoms with E-state index < -0.39 is 0 Å². The van der Waals surface area contributed by atoms with Gasteiger partial charge >= 0.3 is 0 Å². The number of aryl methyl sites for hydroxylation is 1. The lowest BCUT2D eigenvalue weighted by atomic mass is 9.82.